The molecular formula is C22H19F2N5O6S2. The summed E-state index contributed by atoms with van der Waals surface area (Å²) < 4.78 is 86.0. The van der Waals surface area contributed by atoms with Crippen molar-refractivity contribution in [3.63, 3.8) is 0 Å². The molecule has 2 aromatic carbocycles. The average molecular weight is 552 g/mol. The number of halogens is 2. The number of carbonyl (C=O) groups excluding carboxylic acids is 1. The van der Waals surface area contributed by atoms with Crippen LogP contribution in [0.2, 0.25) is 0 Å². The van der Waals surface area contributed by atoms with E-state index < -0.39 is 55.5 Å². The van der Waals surface area contributed by atoms with E-state index in [1.165, 1.54) is 43.5 Å². The molecule has 2 aromatic heterocycles. The maximum absolute atomic E-state index is 15.4. The third-order valence-corrected chi connectivity index (χ3v) is 7.27. The maximum atomic E-state index is 15.4. The van der Waals surface area contributed by atoms with E-state index in [1.807, 2.05) is 0 Å². The standard InChI is InChI=1S/C22H19F2N5O6S2/c1-2-9-29(37(33,34)35)20-17(23)8-7-15(18(20)24)21(30)19-16-10-13(11-26-22(16)28-27-19)12-3-5-14(6-4-12)36(25,31)32/h3-8,10-11H,2,9H2,1H3,(H2,25,31,32)(H,26,27,28)(H,33,34,35). The van der Waals surface area contributed by atoms with Crippen molar-refractivity contribution >= 4 is 42.8 Å². The van der Waals surface area contributed by atoms with Crippen molar-refractivity contribution in [3.8, 4) is 11.1 Å². The van der Waals surface area contributed by atoms with Crippen LogP contribution in [-0.2, 0) is 20.3 Å². The first-order valence-electron chi connectivity index (χ1n) is 10.6. The van der Waals surface area contributed by atoms with Crippen LogP contribution in [0, 0.1) is 11.6 Å². The minimum atomic E-state index is -5.04. The predicted molar refractivity (Wildman–Crippen MR) is 130 cm³/mol. The molecule has 15 heteroatoms. The number of benzene rings is 2. The van der Waals surface area contributed by atoms with Gasteiger partial charge in [-0.25, -0.2) is 31.6 Å². The Labute approximate surface area is 209 Å². The number of pyridine rings is 1. The van der Waals surface area contributed by atoms with Gasteiger partial charge in [0.05, 0.1) is 15.8 Å². The highest BCUT2D eigenvalue weighted by Crippen LogP contribution is 2.31. The summed E-state index contributed by atoms with van der Waals surface area (Å²) in [5.41, 5.74) is -0.885. The Morgan fingerprint density at radius 1 is 1.08 bits per heavy atom. The molecule has 0 amide bonds. The quantitative estimate of drug-likeness (QED) is 0.221. The highest BCUT2D eigenvalue weighted by molar-refractivity contribution is 7.89. The topological polar surface area (TPSA) is 176 Å². The molecular weight excluding hydrogens is 532 g/mol. The summed E-state index contributed by atoms with van der Waals surface area (Å²) in [6.07, 6.45) is 1.55. The van der Waals surface area contributed by atoms with Crippen LogP contribution in [0.25, 0.3) is 22.2 Å². The number of rotatable bonds is 8. The second-order valence-electron chi connectivity index (χ2n) is 7.90. The summed E-state index contributed by atoms with van der Waals surface area (Å²) in [6.45, 7) is 1.10. The van der Waals surface area contributed by atoms with E-state index in [9.17, 15) is 30.6 Å². The number of aromatic amines is 1. The Morgan fingerprint density at radius 3 is 2.35 bits per heavy atom. The summed E-state index contributed by atoms with van der Waals surface area (Å²) in [4.78, 5) is 17.3. The monoisotopic (exact) mass is 551 g/mol. The molecule has 0 saturated carbocycles. The molecule has 0 aliphatic carbocycles. The Kier molecular flexibility index (Phi) is 6.81. The van der Waals surface area contributed by atoms with E-state index in [2.05, 4.69) is 15.2 Å². The van der Waals surface area contributed by atoms with E-state index in [-0.39, 0.29) is 32.3 Å². The zero-order valence-corrected chi connectivity index (χ0v) is 20.6. The van der Waals surface area contributed by atoms with E-state index in [0.29, 0.717) is 11.1 Å². The molecule has 0 aliphatic heterocycles. The third-order valence-electron chi connectivity index (χ3n) is 5.42. The Morgan fingerprint density at radius 2 is 1.76 bits per heavy atom. The molecule has 2 heterocycles. The molecule has 4 aromatic rings. The van der Waals surface area contributed by atoms with Crippen molar-refractivity contribution in [1.29, 1.82) is 0 Å². The molecule has 0 aliphatic rings. The number of nitrogens with zero attached hydrogens (tertiary/aromatic N) is 3. The predicted octanol–water partition coefficient (Wildman–Crippen LogP) is 2.80. The van der Waals surface area contributed by atoms with E-state index in [0.717, 1.165) is 12.1 Å². The third kappa shape index (κ3) is 5.06. The number of hydrogen-bond acceptors (Lipinski definition) is 7. The van der Waals surface area contributed by atoms with Gasteiger partial charge in [-0.1, -0.05) is 19.1 Å². The second kappa shape index (κ2) is 9.59. The second-order valence-corrected chi connectivity index (χ2v) is 10.8. The maximum Gasteiger partial charge on any atom is 0.360 e. The van der Waals surface area contributed by atoms with Crippen LogP contribution in [0.3, 0.4) is 0 Å². The normalized spacial score (nSPS) is 12.1. The lowest BCUT2D eigenvalue weighted by atomic mass is 10.0. The van der Waals surface area contributed by atoms with Gasteiger partial charge in [0.15, 0.2) is 17.3 Å². The number of nitrogens with one attached hydrogen (secondary N) is 1. The number of anilines is 1. The summed E-state index contributed by atoms with van der Waals surface area (Å²) in [6, 6.07) is 8.62. The number of fused-ring (bicyclic) bond motifs is 1. The van der Waals surface area contributed by atoms with Crippen molar-refractivity contribution in [1.82, 2.24) is 15.2 Å². The van der Waals surface area contributed by atoms with Gasteiger partial charge in [0.1, 0.15) is 11.4 Å². The number of H-pyrrole nitrogens is 1. The minimum Gasteiger partial charge on any atom is -0.287 e. The van der Waals surface area contributed by atoms with Gasteiger partial charge in [0, 0.05) is 18.3 Å². The van der Waals surface area contributed by atoms with Crippen LogP contribution < -0.4 is 9.44 Å². The molecule has 0 atom stereocenters. The Hall–Kier alpha value is -3.79. The lowest BCUT2D eigenvalue weighted by molar-refractivity contribution is 0.103. The van der Waals surface area contributed by atoms with Crippen molar-refractivity contribution in [3.05, 3.63) is 71.6 Å². The van der Waals surface area contributed by atoms with Crippen LogP contribution in [0.5, 0.6) is 0 Å². The zero-order chi connectivity index (χ0) is 27.1. The van der Waals surface area contributed by atoms with Crippen molar-refractivity contribution in [2.45, 2.75) is 18.2 Å². The summed E-state index contributed by atoms with van der Waals surface area (Å²) in [5.74, 6) is -3.75. The number of primary sulfonamides is 1. The molecule has 4 rings (SSSR count). The van der Waals surface area contributed by atoms with Crippen molar-refractivity contribution in [2.75, 3.05) is 10.8 Å². The molecule has 11 nitrogen and oxygen atoms in total. The Balaban J connectivity index is 1.80. The van der Waals surface area contributed by atoms with Crippen LogP contribution in [0.1, 0.15) is 29.4 Å². The van der Waals surface area contributed by atoms with E-state index in [4.69, 9.17) is 5.14 Å². The van der Waals surface area contributed by atoms with E-state index >= 15 is 4.39 Å². The molecule has 0 fully saturated rings. The van der Waals surface area contributed by atoms with Gasteiger partial charge in [-0.05, 0) is 42.3 Å². The highest BCUT2D eigenvalue weighted by Gasteiger charge is 2.30. The van der Waals surface area contributed by atoms with Gasteiger partial charge in [0.25, 0.3) is 0 Å². The van der Waals surface area contributed by atoms with Crippen LogP contribution >= 0.6 is 0 Å². The Bertz CT molecular complexity index is 1740. The average Bonchev–Trinajstić information content (AvgIpc) is 3.25. The SMILES string of the molecule is CCCN(c1c(F)ccc(C(=O)c2[nH]nc3ncc(-c4ccc(S(N)(=O)=O)cc4)cc23)c1F)S(=O)(=O)O. The van der Waals surface area contributed by atoms with Crippen molar-refractivity contribution < 1.29 is 35.0 Å². The molecule has 4 N–H and O–H groups in total. The van der Waals surface area contributed by atoms with Crippen LogP contribution in [0.4, 0.5) is 14.5 Å². The number of nitrogens with two attached hydrogens (primary N) is 1. The van der Waals surface area contributed by atoms with Crippen LogP contribution in [-0.4, -0.2) is 48.9 Å². The largest absolute Gasteiger partial charge is 0.360 e. The van der Waals surface area contributed by atoms with Gasteiger partial charge in [0.2, 0.25) is 15.8 Å². The van der Waals surface area contributed by atoms with Gasteiger partial charge in [-0.15, -0.1) is 0 Å². The first-order chi connectivity index (χ1) is 17.3. The first-order valence-corrected chi connectivity index (χ1v) is 13.5. The fourth-order valence-electron chi connectivity index (χ4n) is 3.69. The summed E-state index contributed by atoms with van der Waals surface area (Å²) >= 11 is 0. The number of carbonyl (C=O) groups is 1. The lowest BCUT2D eigenvalue weighted by Gasteiger charge is -2.22. The molecule has 194 valence electrons. The minimum absolute atomic E-state index is 0.0987. The highest BCUT2D eigenvalue weighted by atomic mass is 32.2. The fraction of sp³-hybridized carbons (Fsp3) is 0.136. The summed E-state index contributed by atoms with van der Waals surface area (Å²) in [7, 11) is -8.94. The molecule has 0 saturated heterocycles. The number of aromatic nitrogens is 3. The van der Waals surface area contributed by atoms with Gasteiger partial charge in [-0.3, -0.25) is 14.4 Å². The molecule has 0 spiro atoms. The number of ketones is 1. The number of hydrogen-bond donors (Lipinski definition) is 3. The fourth-order valence-corrected chi connectivity index (χ4v) is 5.02. The zero-order valence-electron chi connectivity index (χ0n) is 19.0. The lowest BCUT2D eigenvalue weighted by Crippen LogP contribution is -2.33. The van der Waals surface area contributed by atoms with Gasteiger partial charge in [-0.2, -0.15) is 13.5 Å². The van der Waals surface area contributed by atoms with Crippen molar-refractivity contribution in [2.24, 2.45) is 5.14 Å². The smallest absolute Gasteiger partial charge is 0.287 e. The molecule has 0 radical (unpaired) electrons. The molecule has 0 unspecified atom stereocenters. The van der Waals surface area contributed by atoms with E-state index in [1.54, 1.807) is 0 Å². The first kappa shape index (κ1) is 26.3. The summed E-state index contributed by atoms with van der Waals surface area (Å²) in [5, 5.41) is 11.7. The van der Waals surface area contributed by atoms with Crippen LogP contribution in [0.15, 0.2) is 53.6 Å². The van der Waals surface area contributed by atoms with Gasteiger partial charge >= 0.3 is 10.3 Å². The molecule has 0 bridgehead atoms. The van der Waals surface area contributed by atoms with Gasteiger partial charge < -0.3 is 0 Å². The number of sulfonamides is 1. The molecule has 37 heavy (non-hydrogen) atoms.